The quantitative estimate of drug-likeness (QED) is 0.767. The average molecular weight is 284 g/mol. The van der Waals surface area contributed by atoms with Crippen molar-refractivity contribution in [1.82, 2.24) is 9.80 Å². The number of carboxylic acids is 1. The fourth-order valence-electron chi connectivity index (χ4n) is 2.76. The Hall–Kier alpha value is -1.30. The Labute approximate surface area is 119 Å². The van der Waals surface area contributed by atoms with E-state index in [9.17, 15) is 9.59 Å². The van der Waals surface area contributed by atoms with Crippen molar-refractivity contribution in [2.75, 3.05) is 33.4 Å². The summed E-state index contributed by atoms with van der Waals surface area (Å²) in [5.74, 6) is -0.423. The molecular weight excluding hydrogens is 260 g/mol. The number of carbonyl (C=O) groups excluding carboxylic acids is 1. The molecule has 2 rings (SSSR count). The topological polar surface area (TPSA) is 70.1 Å². The molecule has 0 radical (unpaired) electrons. The minimum Gasteiger partial charge on any atom is -0.481 e. The zero-order chi connectivity index (χ0) is 14.5. The highest BCUT2D eigenvalue weighted by Crippen LogP contribution is 2.29. The number of hydrogen-bond acceptors (Lipinski definition) is 3. The van der Waals surface area contributed by atoms with Gasteiger partial charge in [0, 0.05) is 39.2 Å². The Kier molecular flexibility index (Phi) is 5.23. The molecule has 1 unspecified atom stereocenters. The van der Waals surface area contributed by atoms with Crippen molar-refractivity contribution in [1.29, 1.82) is 0 Å². The molecule has 1 N–H and O–H groups in total. The summed E-state index contributed by atoms with van der Waals surface area (Å²) in [7, 11) is 1.65. The van der Waals surface area contributed by atoms with E-state index in [-0.39, 0.29) is 12.5 Å². The highest BCUT2D eigenvalue weighted by atomic mass is 16.5. The molecule has 114 valence electrons. The van der Waals surface area contributed by atoms with Crippen LogP contribution in [0.3, 0.4) is 0 Å². The zero-order valence-corrected chi connectivity index (χ0v) is 12.1. The normalized spacial score (nSPS) is 22.1. The summed E-state index contributed by atoms with van der Waals surface area (Å²) in [5.41, 5.74) is 0. The van der Waals surface area contributed by atoms with Crippen molar-refractivity contribution in [2.45, 2.75) is 38.1 Å². The fourth-order valence-corrected chi connectivity index (χ4v) is 2.76. The Morgan fingerprint density at radius 3 is 2.70 bits per heavy atom. The first-order valence-corrected chi connectivity index (χ1v) is 7.38. The van der Waals surface area contributed by atoms with Gasteiger partial charge in [0.2, 0.25) is 0 Å². The summed E-state index contributed by atoms with van der Waals surface area (Å²) in [6.45, 7) is 2.66. The number of methoxy groups -OCH3 is 1. The molecule has 1 saturated carbocycles. The van der Waals surface area contributed by atoms with Gasteiger partial charge in [-0.25, -0.2) is 4.79 Å². The second-order valence-corrected chi connectivity index (χ2v) is 5.73. The van der Waals surface area contributed by atoms with Crippen LogP contribution in [0.5, 0.6) is 0 Å². The van der Waals surface area contributed by atoms with Gasteiger partial charge in [0.25, 0.3) is 0 Å². The van der Waals surface area contributed by atoms with Crippen LogP contribution in [0.2, 0.25) is 0 Å². The standard InChI is InChI=1S/C14H24N2O4/c1-20-9-8-16(12-3-4-12)14(19)15-7-6-11(10-15)2-5-13(17)18/h11-12H,2-10H2,1H3,(H,17,18). The summed E-state index contributed by atoms with van der Waals surface area (Å²) in [6.07, 6.45) is 3.96. The van der Waals surface area contributed by atoms with Crippen LogP contribution in [-0.2, 0) is 9.53 Å². The SMILES string of the molecule is COCCN(C(=O)N1CCC(CCC(=O)O)C1)C1CC1. The molecule has 1 aliphatic heterocycles. The molecule has 2 amide bonds. The lowest BCUT2D eigenvalue weighted by Gasteiger charge is -2.28. The molecule has 1 aliphatic carbocycles. The maximum atomic E-state index is 12.5. The van der Waals surface area contributed by atoms with Crippen LogP contribution in [0.4, 0.5) is 4.79 Å². The maximum Gasteiger partial charge on any atom is 0.320 e. The summed E-state index contributed by atoms with van der Waals surface area (Å²) >= 11 is 0. The third kappa shape index (κ3) is 4.10. The minimum absolute atomic E-state index is 0.0994. The Balaban J connectivity index is 1.81. The van der Waals surface area contributed by atoms with Crippen LogP contribution in [0.25, 0.3) is 0 Å². The predicted molar refractivity (Wildman–Crippen MR) is 73.5 cm³/mol. The van der Waals surface area contributed by atoms with Gasteiger partial charge in [-0.05, 0) is 31.6 Å². The number of urea groups is 1. The molecule has 0 aromatic rings. The number of nitrogens with zero attached hydrogens (tertiary/aromatic N) is 2. The molecule has 0 spiro atoms. The molecule has 1 heterocycles. The molecule has 2 aliphatic rings. The molecule has 20 heavy (non-hydrogen) atoms. The van der Waals surface area contributed by atoms with Gasteiger partial charge < -0.3 is 19.6 Å². The van der Waals surface area contributed by atoms with Crippen molar-refractivity contribution in [3.8, 4) is 0 Å². The first-order chi connectivity index (χ1) is 9.61. The second-order valence-electron chi connectivity index (χ2n) is 5.73. The van der Waals surface area contributed by atoms with Crippen LogP contribution >= 0.6 is 0 Å². The number of aliphatic carboxylic acids is 1. The Bertz CT molecular complexity index is 357. The molecule has 2 fully saturated rings. The number of hydrogen-bond donors (Lipinski definition) is 1. The summed E-state index contributed by atoms with van der Waals surface area (Å²) in [5, 5.41) is 8.71. The maximum absolute atomic E-state index is 12.5. The first-order valence-electron chi connectivity index (χ1n) is 7.38. The molecule has 6 nitrogen and oxygen atoms in total. The third-order valence-corrected chi connectivity index (χ3v) is 4.09. The van der Waals surface area contributed by atoms with Crippen molar-refractivity contribution in [3.05, 3.63) is 0 Å². The number of likely N-dealkylation sites (tertiary alicyclic amines) is 1. The molecule has 1 saturated heterocycles. The predicted octanol–water partition coefficient (Wildman–Crippen LogP) is 1.40. The van der Waals surface area contributed by atoms with Gasteiger partial charge in [-0.2, -0.15) is 0 Å². The van der Waals surface area contributed by atoms with Crippen molar-refractivity contribution in [3.63, 3.8) is 0 Å². The first kappa shape index (κ1) is 15.1. The van der Waals surface area contributed by atoms with Crippen LogP contribution in [0, 0.1) is 5.92 Å². The number of ether oxygens (including phenoxy) is 1. The summed E-state index contributed by atoms with van der Waals surface area (Å²) in [6, 6.07) is 0.484. The number of carboxylic acid groups (broad SMARTS) is 1. The molecule has 0 aromatic carbocycles. The minimum atomic E-state index is -0.755. The van der Waals surface area contributed by atoms with Gasteiger partial charge in [-0.1, -0.05) is 0 Å². The van der Waals surface area contributed by atoms with Gasteiger partial charge in [-0.15, -0.1) is 0 Å². The monoisotopic (exact) mass is 284 g/mol. The van der Waals surface area contributed by atoms with E-state index < -0.39 is 5.97 Å². The fraction of sp³-hybridized carbons (Fsp3) is 0.857. The second kappa shape index (κ2) is 6.92. The van der Waals surface area contributed by atoms with E-state index in [0.717, 1.165) is 25.8 Å². The van der Waals surface area contributed by atoms with Gasteiger partial charge in [-0.3, -0.25) is 4.79 Å². The molecule has 0 bridgehead atoms. The molecule has 6 heteroatoms. The lowest BCUT2D eigenvalue weighted by atomic mass is 10.0. The van der Waals surface area contributed by atoms with E-state index in [4.69, 9.17) is 9.84 Å². The Morgan fingerprint density at radius 1 is 1.35 bits per heavy atom. The van der Waals surface area contributed by atoms with Gasteiger partial charge in [0.05, 0.1) is 6.61 Å². The summed E-state index contributed by atoms with van der Waals surface area (Å²) in [4.78, 5) is 26.9. The zero-order valence-electron chi connectivity index (χ0n) is 12.1. The highest BCUT2D eigenvalue weighted by Gasteiger charge is 2.36. The average Bonchev–Trinajstić information content (AvgIpc) is 3.14. The third-order valence-electron chi connectivity index (χ3n) is 4.09. The van der Waals surface area contributed by atoms with Gasteiger partial charge >= 0.3 is 12.0 Å². The van der Waals surface area contributed by atoms with Crippen LogP contribution in [0.15, 0.2) is 0 Å². The Morgan fingerprint density at radius 2 is 2.10 bits per heavy atom. The van der Waals surface area contributed by atoms with Gasteiger partial charge in [0.15, 0.2) is 0 Å². The smallest absolute Gasteiger partial charge is 0.320 e. The summed E-state index contributed by atoms with van der Waals surface area (Å²) < 4.78 is 5.07. The van der Waals surface area contributed by atoms with Crippen LogP contribution in [0.1, 0.15) is 32.1 Å². The molecule has 1 atom stereocenters. The highest BCUT2D eigenvalue weighted by molar-refractivity contribution is 5.75. The van der Waals surface area contributed by atoms with E-state index in [1.165, 1.54) is 0 Å². The van der Waals surface area contributed by atoms with E-state index >= 15 is 0 Å². The molecule has 0 aromatic heterocycles. The number of carbonyl (C=O) groups is 2. The van der Waals surface area contributed by atoms with E-state index in [1.54, 1.807) is 7.11 Å². The largest absolute Gasteiger partial charge is 0.481 e. The van der Waals surface area contributed by atoms with E-state index in [2.05, 4.69) is 0 Å². The lowest BCUT2D eigenvalue weighted by molar-refractivity contribution is -0.137. The number of rotatable bonds is 7. The molecular formula is C14H24N2O4. The van der Waals surface area contributed by atoms with Crippen molar-refractivity contribution < 1.29 is 19.4 Å². The van der Waals surface area contributed by atoms with Crippen molar-refractivity contribution >= 4 is 12.0 Å². The van der Waals surface area contributed by atoms with Crippen molar-refractivity contribution in [2.24, 2.45) is 5.92 Å². The van der Waals surface area contributed by atoms with E-state index in [0.29, 0.717) is 38.1 Å². The number of amides is 2. The van der Waals surface area contributed by atoms with E-state index in [1.807, 2.05) is 9.80 Å². The van der Waals surface area contributed by atoms with Gasteiger partial charge in [0.1, 0.15) is 0 Å². The van der Waals surface area contributed by atoms with Crippen LogP contribution in [-0.4, -0.2) is 66.3 Å². The lowest BCUT2D eigenvalue weighted by Crippen LogP contribution is -2.44. The van der Waals surface area contributed by atoms with Crippen LogP contribution < -0.4 is 0 Å².